The number of hydrogen-bond acceptors (Lipinski definition) is 2. The number of para-hydroxylation sites is 1. The third-order valence-electron chi connectivity index (χ3n) is 3.84. The van der Waals surface area contributed by atoms with E-state index in [4.69, 9.17) is 0 Å². The van der Waals surface area contributed by atoms with Gasteiger partial charge in [-0.15, -0.1) is 11.3 Å². The van der Waals surface area contributed by atoms with Crippen molar-refractivity contribution in [3.63, 3.8) is 0 Å². The number of hydrogen-bond donors (Lipinski definition) is 0. The highest BCUT2D eigenvalue weighted by Crippen LogP contribution is 2.33. The van der Waals surface area contributed by atoms with Gasteiger partial charge in [0.05, 0.1) is 4.88 Å². The van der Waals surface area contributed by atoms with Gasteiger partial charge in [0.25, 0.3) is 5.91 Å². The van der Waals surface area contributed by atoms with Crippen LogP contribution in [0, 0.1) is 0 Å². The second kappa shape index (κ2) is 6.32. The third kappa shape index (κ3) is 2.64. The Balaban J connectivity index is 2.05. The molecule has 22 heavy (non-hydrogen) atoms. The van der Waals surface area contributed by atoms with Crippen molar-refractivity contribution in [1.82, 2.24) is 0 Å². The molecule has 3 heteroatoms. The van der Waals surface area contributed by atoms with Crippen LogP contribution in [0.15, 0.2) is 54.6 Å². The molecule has 3 aromatic rings. The number of benzene rings is 2. The molecule has 0 atom stereocenters. The molecule has 3 rings (SSSR count). The molecule has 112 valence electrons. The van der Waals surface area contributed by atoms with Gasteiger partial charge in [-0.05, 0) is 35.6 Å². The van der Waals surface area contributed by atoms with Gasteiger partial charge in [0.2, 0.25) is 0 Å². The minimum absolute atomic E-state index is 0.0795. The predicted molar refractivity (Wildman–Crippen MR) is 95.0 cm³/mol. The highest BCUT2D eigenvalue weighted by molar-refractivity contribution is 7.21. The van der Waals surface area contributed by atoms with E-state index in [1.165, 1.54) is 15.6 Å². The number of rotatable bonds is 4. The van der Waals surface area contributed by atoms with E-state index in [9.17, 15) is 4.79 Å². The standard InChI is InChI=1S/C19H19NOS/c1-3-9-16-15-12-7-8-13-17(15)22-18(16)19(21)20(2)14-10-5-4-6-11-14/h4-8,10-13H,3,9H2,1-2H3. The first-order valence-electron chi connectivity index (χ1n) is 7.56. The predicted octanol–water partition coefficient (Wildman–Crippen LogP) is 5.13. The van der Waals surface area contributed by atoms with Gasteiger partial charge in [0, 0.05) is 17.4 Å². The summed E-state index contributed by atoms with van der Waals surface area (Å²) in [6, 6.07) is 18.1. The van der Waals surface area contributed by atoms with Crippen LogP contribution in [-0.2, 0) is 6.42 Å². The lowest BCUT2D eigenvalue weighted by atomic mass is 10.1. The highest BCUT2D eigenvalue weighted by atomic mass is 32.1. The summed E-state index contributed by atoms with van der Waals surface area (Å²) in [5, 5.41) is 1.22. The fraction of sp³-hybridized carbons (Fsp3) is 0.211. The summed E-state index contributed by atoms with van der Waals surface area (Å²) in [6.45, 7) is 2.15. The third-order valence-corrected chi connectivity index (χ3v) is 5.04. The molecule has 1 aromatic heterocycles. The van der Waals surface area contributed by atoms with Gasteiger partial charge in [-0.2, -0.15) is 0 Å². The molecule has 0 unspecified atom stereocenters. The largest absolute Gasteiger partial charge is 0.311 e. The Morgan fingerprint density at radius 2 is 1.73 bits per heavy atom. The SMILES string of the molecule is CCCc1c(C(=O)N(C)c2ccccc2)sc2ccccc12. The average Bonchev–Trinajstić information content (AvgIpc) is 2.93. The lowest BCUT2D eigenvalue weighted by Crippen LogP contribution is -2.26. The van der Waals surface area contributed by atoms with Crippen LogP contribution in [0.5, 0.6) is 0 Å². The molecule has 0 saturated carbocycles. The van der Waals surface area contributed by atoms with E-state index in [1.54, 1.807) is 16.2 Å². The summed E-state index contributed by atoms with van der Waals surface area (Å²) in [4.78, 5) is 15.6. The van der Waals surface area contributed by atoms with Crippen LogP contribution in [0.2, 0.25) is 0 Å². The van der Waals surface area contributed by atoms with E-state index in [2.05, 4.69) is 19.1 Å². The summed E-state index contributed by atoms with van der Waals surface area (Å²) < 4.78 is 1.19. The van der Waals surface area contributed by atoms with Crippen LogP contribution in [-0.4, -0.2) is 13.0 Å². The molecule has 1 heterocycles. The van der Waals surface area contributed by atoms with Crippen LogP contribution in [0.4, 0.5) is 5.69 Å². The lowest BCUT2D eigenvalue weighted by Gasteiger charge is -2.17. The highest BCUT2D eigenvalue weighted by Gasteiger charge is 2.21. The van der Waals surface area contributed by atoms with Crippen LogP contribution in [0.1, 0.15) is 28.6 Å². The molecule has 0 saturated heterocycles. The molecular formula is C19H19NOS. The Kier molecular flexibility index (Phi) is 4.25. The Hall–Kier alpha value is -2.13. The lowest BCUT2D eigenvalue weighted by molar-refractivity contribution is 0.0996. The second-order valence-electron chi connectivity index (χ2n) is 5.36. The number of fused-ring (bicyclic) bond motifs is 1. The van der Waals surface area contributed by atoms with Crippen molar-refractivity contribution in [2.24, 2.45) is 0 Å². The molecule has 0 fully saturated rings. The summed E-state index contributed by atoms with van der Waals surface area (Å²) in [5.74, 6) is 0.0795. The molecule has 0 aliphatic carbocycles. The zero-order chi connectivity index (χ0) is 15.5. The van der Waals surface area contributed by atoms with Crippen molar-refractivity contribution in [1.29, 1.82) is 0 Å². The minimum atomic E-state index is 0.0795. The Labute approximate surface area is 135 Å². The molecule has 0 aliphatic heterocycles. The monoisotopic (exact) mass is 309 g/mol. The van der Waals surface area contributed by atoms with Crippen molar-refractivity contribution in [3.05, 3.63) is 65.0 Å². The molecule has 0 bridgehead atoms. The maximum atomic E-state index is 12.9. The maximum Gasteiger partial charge on any atom is 0.268 e. The molecule has 1 amide bonds. The van der Waals surface area contributed by atoms with Crippen LogP contribution in [0.3, 0.4) is 0 Å². The smallest absolute Gasteiger partial charge is 0.268 e. The fourth-order valence-corrected chi connectivity index (χ4v) is 3.92. The van der Waals surface area contributed by atoms with Gasteiger partial charge in [-0.25, -0.2) is 0 Å². The van der Waals surface area contributed by atoms with Crippen LogP contribution in [0.25, 0.3) is 10.1 Å². The molecule has 0 spiro atoms. The van der Waals surface area contributed by atoms with Crippen molar-refractivity contribution < 1.29 is 4.79 Å². The number of carbonyl (C=O) groups is 1. The zero-order valence-electron chi connectivity index (χ0n) is 12.9. The summed E-state index contributed by atoms with van der Waals surface area (Å²) >= 11 is 1.60. The van der Waals surface area contributed by atoms with E-state index in [0.717, 1.165) is 23.4 Å². The molecule has 0 radical (unpaired) electrons. The maximum absolute atomic E-state index is 12.9. The van der Waals surface area contributed by atoms with Gasteiger partial charge >= 0.3 is 0 Å². The molecule has 0 N–H and O–H groups in total. The van der Waals surface area contributed by atoms with Gasteiger partial charge in [-0.3, -0.25) is 4.79 Å². The van der Waals surface area contributed by atoms with Gasteiger partial charge in [0.1, 0.15) is 0 Å². The van der Waals surface area contributed by atoms with E-state index in [0.29, 0.717) is 0 Å². The Bertz CT molecular complexity index is 792. The quantitative estimate of drug-likeness (QED) is 0.654. The minimum Gasteiger partial charge on any atom is -0.311 e. The van der Waals surface area contributed by atoms with Gasteiger partial charge < -0.3 is 4.90 Å². The van der Waals surface area contributed by atoms with Gasteiger partial charge in [-0.1, -0.05) is 49.7 Å². The van der Waals surface area contributed by atoms with E-state index in [-0.39, 0.29) is 5.91 Å². The fourth-order valence-electron chi connectivity index (χ4n) is 2.69. The Morgan fingerprint density at radius 3 is 2.45 bits per heavy atom. The van der Waals surface area contributed by atoms with Crippen molar-refractivity contribution >= 4 is 33.0 Å². The average molecular weight is 309 g/mol. The van der Waals surface area contributed by atoms with Crippen molar-refractivity contribution in [2.75, 3.05) is 11.9 Å². The topological polar surface area (TPSA) is 20.3 Å². The summed E-state index contributed by atoms with van der Waals surface area (Å²) in [7, 11) is 1.85. The number of nitrogens with zero attached hydrogens (tertiary/aromatic N) is 1. The summed E-state index contributed by atoms with van der Waals surface area (Å²) in [6.07, 6.45) is 1.98. The summed E-state index contributed by atoms with van der Waals surface area (Å²) in [5.41, 5.74) is 2.11. The van der Waals surface area contributed by atoms with Crippen molar-refractivity contribution in [3.8, 4) is 0 Å². The van der Waals surface area contributed by atoms with Crippen LogP contribution < -0.4 is 4.90 Å². The normalized spacial score (nSPS) is 10.8. The molecule has 2 aromatic carbocycles. The molecule has 2 nitrogen and oxygen atoms in total. The first-order chi connectivity index (χ1) is 10.7. The van der Waals surface area contributed by atoms with Crippen molar-refractivity contribution in [2.45, 2.75) is 19.8 Å². The van der Waals surface area contributed by atoms with Crippen LogP contribution >= 0.6 is 11.3 Å². The molecule has 0 aliphatic rings. The van der Waals surface area contributed by atoms with Gasteiger partial charge in [0.15, 0.2) is 0 Å². The Morgan fingerprint density at radius 1 is 1.05 bits per heavy atom. The molecular weight excluding hydrogens is 290 g/mol. The first-order valence-corrected chi connectivity index (χ1v) is 8.37. The number of anilines is 1. The van der Waals surface area contributed by atoms with E-state index >= 15 is 0 Å². The van der Waals surface area contributed by atoms with E-state index < -0.39 is 0 Å². The van der Waals surface area contributed by atoms with E-state index in [1.807, 2.05) is 49.5 Å². The first kappa shape index (κ1) is 14.8. The second-order valence-corrected chi connectivity index (χ2v) is 6.41. The number of aryl methyl sites for hydroxylation is 1. The number of amides is 1. The number of thiophene rings is 1. The zero-order valence-corrected chi connectivity index (χ0v) is 13.7. The number of carbonyl (C=O) groups excluding carboxylic acids is 1.